The van der Waals surface area contributed by atoms with Crippen LogP contribution in [0.2, 0.25) is 0 Å². The number of likely N-dealkylation sites (N-methyl/N-ethyl adjacent to an activating group) is 1. The Morgan fingerprint density at radius 2 is 2.27 bits per heavy atom. The Kier molecular flexibility index (Phi) is 2.34. The van der Waals surface area contributed by atoms with Gasteiger partial charge < -0.3 is 9.64 Å². The van der Waals surface area contributed by atoms with Crippen molar-refractivity contribution < 1.29 is 13.9 Å². The van der Waals surface area contributed by atoms with Gasteiger partial charge in [0.2, 0.25) is 0 Å². The number of carbonyl (C=O) groups is 1. The molecule has 0 saturated heterocycles. The van der Waals surface area contributed by atoms with Crippen molar-refractivity contribution in [2.75, 3.05) is 18.1 Å². The van der Waals surface area contributed by atoms with Crippen LogP contribution in [0, 0.1) is 12.7 Å². The van der Waals surface area contributed by atoms with Crippen LogP contribution in [0.5, 0.6) is 5.75 Å². The highest BCUT2D eigenvalue weighted by atomic mass is 19.1. The zero-order valence-electron chi connectivity index (χ0n) is 8.71. The van der Waals surface area contributed by atoms with Crippen molar-refractivity contribution in [1.29, 1.82) is 0 Å². The fourth-order valence-electron chi connectivity index (χ4n) is 1.67. The summed E-state index contributed by atoms with van der Waals surface area (Å²) >= 11 is 0. The number of nitrogens with zero attached hydrogens (tertiary/aromatic N) is 1. The lowest BCUT2D eigenvalue weighted by molar-refractivity contribution is -0.121. The first-order valence-electron chi connectivity index (χ1n) is 4.86. The molecule has 1 aliphatic rings. The molecule has 2 rings (SSSR count). The maximum absolute atomic E-state index is 13.3. The predicted molar refractivity (Wildman–Crippen MR) is 54.7 cm³/mol. The minimum absolute atomic E-state index is 0.0106. The Morgan fingerprint density at radius 1 is 1.53 bits per heavy atom. The van der Waals surface area contributed by atoms with Gasteiger partial charge in [-0.1, -0.05) is 0 Å². The molecule has 4 heteroatoms. The summed E-state index contributed by atoms with van der Waals surface area (Å²) in [5, 5.41) is 0. The lowest BCUT2D eigenvalue weighted by Crippen LogP contribution is -2.38. The topological polar surface area (TPSA) is 29.5 Å². The van der Waals surface area contributed by atoms with Gasteiger partial charge >= 0.3 is 0 Å². The van der Waals surface area contributed by atoms with Crippen LogP contribution in [0.15, 0.2) is 12.1 Å². The van der Waals surface area contributed by atoms with Crippen molar-refractivity contribution in [2.24, 2.45) is 0 Å². The minimum atomic E-state index is -0.306. The van der Waals surface area contributed by atoms with Gasteiger partial charge in [0.1, 0.15) is 11.6 Å². The molecule has 0 atom stereocenters. The van der Waals surface area contributed by atoms with Crippen LogP contribution < -0.4 is 9.64 Å². The summed E-state index contributed by atoms with van der Waals surface area (Å²) in [6, 6.07) is 2.98. The van der Waals surface area contributed by atoms with Gasteiger partial charge in [-0.3, -0.25) is 4.79 Å². The summed E-state index contributed by atoms with van der Waals surface area (Å²) in [7, 11) is 0. The van der Waals surface area contributed by atoms with Crippen molar-refractivity contribution in [3.8, 4) is 5.75 Å². The van der Waals surface area contributed by atoms with Crippen molar-refractivity contribution >= 4 is 11.6 Å². The molecule has 0 bridgehead atoms. The highest BCUT2D eigenvalue weighted by Crippen LogP contribution is 2.33. The Bertz CT molecular complexity index is 417. The van der Waals surface area contributed by atoms with E-state index < -0.39 is 0 Å². The number of aryl methyl sites for hydroxylation is 1. The number of hydrogen-bond donors (Lipinski definition) is 0. The van der Waals surface area contributed by atoms with E-state index >= 15 is 0 Å². The van der Waals surface area contributed by atoms with E-state index in [2.05, 4.69) is 0 Å². The molecular formula is C11H12FNO2. The molecular weight excluding hydrogens is 197 g/mol. The molecule has 1 amide bonds. The first-order valence-corrected chi connectivity index (χ1v) is 4.86. The van der Waals surface area contributed by atoms with Gasteiger partial charge in [0.25, 0.3) is 5.91 Å². The molecule has 0 radical (unpaired) electrons. The lowest BCUT2D eigenvalue weighted by Gasteiger charge is -2.28. The van der Waals surface area contributed by atoms with E-state index in [1.54, 1.807) is 17.9 Å². The number of ether oxygens (including phenoxy) is 1. The Balaban J connectivity index is 2.53. The average Bonchev–Trinajstić information content (AvgIpc) is 2.21. The van der Waals surface area contributed by atoms with Gasteiger partial charge in [-0.2, -0.15) is 0 Å². The van der Waals surface area contributed by atoms with Gasteiger partial charge in [-0.05, 0) is 25.5 Å². The third-order valence-corrected chi connectivity index (χ3v) is 2.50. The second-order valence-electron chi connectivity index (χ2n) is 3.50. The molecule has 1 aliphatic heterocycles. The molecule has 0 spiro atoms. The number of anilines is 1. The van der Waals surface area contributed by atoms with Crippen molar-refractivity contribution in [2.45, 2.75) is 13.8 Å². The summed E-state index contributed by atoms with van der Waals surface area (Å²) < 4.78 is 18.4. The van der Waals surface area contributed by atoms with Crippen LogP contribution in [0.1, 0.15) is 12.5 Å². The first-order chi connectivity index (χ1) is 7.13. The van der Waals surface area contributed by atoms with Gasteiger partial charge in [0.15, 0.2) is 6.61 Å². The molecule has 1 aromatic rings. The van der Waals surface area contributed by atoms with E-state index in [1.807, 2.05) is 6.92 Å². The molecule has 0 aromatic heterocycles. The van der Waals surface area contributed by atoms with E-state index in [0.717, 1.165) is 0 Å². The molecule has 0 aliphatic carbocycles. The lowest BCUT2D eigenvalue weighted by atomic mass is 10.1. The Labute approximate surface area is 87.5 Å². The maximum atomic E-state index is 13.3. The average molecular weight is 209 g/mol. The quantitative estimate of drug-likeness (QED) is 0.706. The number of carbonyl (C=O) groups excluding carboxylic acids is 1. The Hall–Kier alpha value is -1.58. The van der Waals surface area contributed by atoms with E-state index in [1.165, 1.54) is 6.07 Å². The number of rotatable bonds is 1. The molecule has 15 heavy (non-hydrogen) atoms. The first kappa shape index (κ1) is 9.96. The summed E-state index contributed by atoms with van der Waals surface area (Å²) in [4.78, 5) is 13.1. The van der Waals surface area contributed by atoms with E-state index in [9.17, 15) is 9.18 Å². The molecule has 0 saturated carbocycles. The van der Waals surface area contributed by atoms with E-state index in [0.29, 0.717) is 23.5 Å². The van der Waals surface area contributed by atoms with Gasteiger partial charge in [0.05, 0.1) is 5.69 Å². The molecule has 80 valence electrons. The Morgan fingerprint density at radius 3 is 2.93 bits per heavy atom. The monoisotopic (exact) mass is 209 g/mol. The van der Waals surface area contributed by atoms with Crippen LogP contribution in [-0.4, -0.2) is 19.1 Å². The summed E-state index contributed by atoms with van der Waals surface area (Å²) in [6.45, 7) is 4.11. The number of hydrogen-bond acceptors (Lipinski definition) is 2. The molecule has 0 N–H and O–H groups in total. The SMILES string of the molecule is CCN1C(=O)COc2cc(F)c(C)cc21. The molecule has 3 nitrogen and oxygen atoms in total. The van der Waals surface area contributed by atoms with E-state index in [4.69, 9.17) is 4.74 Å². The van der Waals surface area contributed by atoms with Gasteiger partial charge in [-0.25, -0.2) is 4.39 Å². The third-order valence-electron chi connectivity index (χ3n) is 2.50. The number of benzene rings is 1. The minimum Gasteiger partial charge on any atom is -0.481 e. The fourth-order valence-corrected chi connectivity index (χ4v) is 1.67. The summed E-state index contributed by atoms with van der Waals surface area (Å²) in [6.07, 6.45) is 0. The number of fused-ring (bicyclic) bond motifs is 1. The second-order valence-corrected chi connectivity index (χ2v) is 3.50. The highest BCUT2D eigenvalue weighted by molar-refractivity contribution is 5.97. The zero-order valence-corrected chi connectivity index (χ0v) is 8.71. The number of amides is 1. The van der Waals surface area contributed by atoms with Crippen LogP contribution in [-0.2, 0) is 4.79 Å². The largest absolute Gasteiger partial charge is 0.481 e. The second kappa shape index (κ2) is 3.53. The standard InChI is InChI=1S/C11H12FNO2/c1-3-13-9-4-7(2)8(12)5-10(9)15-6-11(13)14/h4-5H,3,6H2,1-2H3. The van der Waals surface area contributed by atoms with Crippen LogP contribution in [0.3, 0.4) is 0 Å². The van der Waals surface area contributed by atoms with Gasteiger partial charge in [-0.15, -0.1) is 0 Å². The van der Waals surface area contributed by atoms with Crippen LogP contribution in [0.4, 0.5) is 10.1 Å². The zero-order chi connectivity index (χ0) is 11.0. The highest BCUT2D eigenvalue weighted by Gasteiger charge is 2.25. The number of halogens is 1. The summed E-state index contributed by atoms with van der Waals surface area (Å²) in [5.74, 6) is 0.0507. The van der Waals surface area contributed by atoms with E-state index in [-0.39, 0.29) is 18.3 Å². The smallest absolute Gasteiger partial charge is 0.265 e. The molecule has 1 heterocycles. The van der Waals surface area contributed by atoms with Crippen molar-refractivity contribution in [1.82, 2.24) is 0 Å². The van der Waals surface area contributed by atoms with Gasteiger partial charge in [0, 0.05) is 12.6 Å². The third kappa shape index (κ3) is 1.56. The van der Waals surface area contributed by atoms with Crippen LogP contribution in [0.25, 0.3) is 0 Å². The van der Waals surface area contributed by atoms with Crippen molar-refractivity contribution in [3.05, 3.63) is 23.5 Å². The summed E-state index contributed by atoms with van der Waals surface area (Å²) in [5.41, 5.74) is 1.18. The molecule has 1 aromatic carbocycles. The molecule has 0 unspecified atom stereocenters. The normalized spacial score (nSPS) is 14.9. The maximum Gasteiger partial charge on any atom is 0.265 e. The fraction of sp³-hybridized carbons (Fsp3) is 0.364. The molecule has 0 fully saturated rings. The van der Waals surface area contributed by atoms with Crippen molar-refractivity contribution in [3.63, 3.8) is 0 Å². The predicted octanol–water partition coefficient (Wildman–Crippen LogP) is 1.88. The van der Waals surface area contributed by atoms with Crippen LogP contribution >= 0.6 is 0 Å².